The second kappa shape index (κ2) is 8.17. The molecule has 0 bridgehead atoms. The maximum absolute atomic E-state index is 13.6. The molecular weight excluding hydrogens is 380 g/mol. The summed E-state index contributed by atoms with van der Waals surface area (Å²) in [7, 11) is 0. The summed E-state index contributed by atoms with van der Waals surface area (Å²) in [4.78, 5) is 25.4. The third-order valence-corrected chi connectivity index (χ3v) is 4.35. The molecule has 0 spiro atoms. The molecule has 150 valence electrons. The second-order valence-corrected chi connectivity index (χ2v) is 6.65. The molecule has 2 N–H and O–H groups in total. The lowest BCUT2D eigenvalue weighted by Gasteiger charge is -2.06. The van der Waals surface area contributed by atoms with E-state index in [-0.39, 0.29) is 12.1 Å². The monoisotopic (exact) mass is 399 g/mol. The molecule has 0 unspecified atom stereocenters. The number of aromatic nitrogens is 3. The number of rotatable bonds is 5. The summed E-state index contributed by atoms with van der Waals surface area (Å²) in [6, 6.07) is 6.89. The van der Waals surface area contributed by atoms with Gasteiger partial charge in [-0.15, -0.1) is 9.89 Å². The fraction of sp³-hybridized carbons (Fsp3) is 0.200. The summed E-state index contributed by atoms with van der Waals surface area (Å²) >= 11 is 0. The molecule has 3 rings (SSSR count). The van der Waals surface area contributed by atoms with Crippen LogP contribution in [0.15, 0.2) is 40.2 Å². The summed E-state index contributed by atoms with van der Waals surface area (Å²) < 4.78 is 26.8. The first kappa shape index (κ1) is 20.1. The highest BCUT2D eigenvalue weighted by atomic mass is 19.1. The van der Waals surface area contributed by atoms with Crippen LogP contribution in [0.25, 0.3) is 0 Å². The molecule has 2 aromatic carbocycles. The number of carbonyl (C=O) groups is 1. The van der Waals surface area contributed by atoms with E-state index in [1.54, 1.807) is 0 Å². The number of aromatic amines is 1. The number of halogens is 2. The number of benzene rings is 2. The Balaban J connectivity index is 1.76. The number of nitrogens with zero attached hydrogens (tertiary/aromatic N) is 3. The molecule has 7 nitrogen and oxygen atoms in total. The Morgan fingerprint density at radius 1 is 1.21 bits per heavy atom. The topological polar surface area (TPSA) is 92.1 Å². The molecule has 0 aliphatic heterocycles. The number of carbonyl (C=O) groups excluding carboxylic acids is 1. The zero-order valence-electron chi connectivity index (χ0n) is 16.1. The maximum atomic E-state index is 13.6. The van der Waals surface area contributed by atoms with E-state index in [9.17, 15) is 18.4 Å². The van der Waals surface area contributed by atoms with Crippen LogP contribution in [0.5, 0.6) is 0 Å². The van der Waals surface area contributed by atoms with Crippen LogP contribution >= 0.6 is 0 Å². The van der Waals surface area contributed by atoms with Gasteiger partial charge < -0.3 is 5.32 Å². The van der Waals surface area contributed by atoms with Crippen molar-refractivity contribution in [2.45, 2.75) is 27.3 Å². The van der Waals surface area contributed by atoms with Gasteiger partial charge in [0.15, 0.2) is 0 Å². The summed E-state index contributed by atoms with van der Waals surface area (Å²) in [5.41, 5.74) is 2.71. The highest BCUT2D eigenvalue weighted by molar-refractivity contribution is 5.91. The molecule has 1 amide bonds. The van der Waals surface area contributed by atoms with E-state index in [1.165, 1.54) is 6.21 Å². The van der Waals surface area contributed by atoms with Crippen LogP contribution in [-0.4, -0.2) is 27.2 Å². The number of nitrogens with one attached hydrogen (secondary N) is 2. The number of H-pyrrole nitrogens is 1. The zero-order valence-corrected chi connectivity index (χ0v) is 16.1. The summed E-state index contributed by atoms with van der Waals surface area (Å²) in [6.45, 7) is 5.56. The van der Waals surface area contributed by atoms with Crippen molar-refractivity contribution in [3.8, 4) is 0 Å². The molecule has 0 radical (unpaired) electrons. The Morgan fingerprint density at radius 2 is 1.90 bits per heavy atom. The van der Waals surface area contributed by atoms with E-state index in [0.29, 0.717) is 0 Å². The van der Waals surface area contributed by atoms with Crippen LogP contribution in [-0.2, 0) is 6.54 Å². The van der Waals surface area contributed by atoms with Gasteiger partial charge in [-0.3, -0.25) is 9.59 Å². The molecular formula is C20H19F2N5O2. The molecule has 9 heteroatoms. The predicted molar refractivity (Wildman–Crippen MR) is 104 cm³/mol. The number of hydrogen-bond acceptors (Lipinski definition) is 4. The quantitative estimate of drug-likeness (QED) is 0.646. The van der Waals surface area contributed by atoms with Crippen LogP contribution in [0.4, 0.5) is 8.78 Å². The highest BCUT2D eigenvalue weighted by Crippen LogP contribution is 2.14. The largest absolute Gasteiger partial charge is 0.346 e. The molecule has 1 heterocycles. The summed E-state index contributed by atoms with van der Waals surface area (Å²) in [5, 5.41) is 12.4. The third kappa shape index (κ3) is 4.45. The molecule has 1 aromatic heterocycles. The van der Waals surface area contributed by atoms with Crippen molar-refractivity contribution in [2.24, 2.45) is 5.10 Å². The minimum Gasteiger partial charge on any atom is -0.346 e. The molecule has 29 heavy (non-hydrogen) atoms. The van der Waals surface area contributed by atoms with Crippen molar-refractivity contribution in [2.75, 3.05) is 0 Å². The van der Waals surface area contributed by atoms with Gasteiger partial charge in [-0.05, 0) is 50.1 Å². The lowest BCUT2D eigenvalue weighted by atomic mass is 10.0. The average molecular weight is 399 g/mol. The van der Waals surface area contributed by atoms with E-state index in [1.807, 2.05) is 32.9 Å². The summed E-state index contributed by atoms with van der Waals surface area (Å²) in [6.07, 6.45) is 1.51. The van der Waals surface area contributed by atoms with Crippen LogP contribution in [0.3, 0.4) is 0 Å². The van der Waals surface area contributed by atoms with Crippen molar-refractivity contribution >= 4 is 12.1 Å². The van der Waals surface area contributed by atoms with E-state index >= 15 is 0 Å². The molecule has 3 aromatic rings. The van der Waals surface area contributed by atoms with E-state index in [2.05, 4.69) is 20.7 Å². The fourth-order valence-electron chi connectivity index (χ4n) is 2.97. The Labute approximate surface area is 165 Å². The van der Waals surface area contributed by atoms with Gasteiger partial charge in [0.05, 0.1) is 6.21 Å². The van der Waals surface area contributed by atoms with Crippen molar-refractivity contribution in [3.05, 3.63) is 85.8 Å². The van der Waals surface area contributed by atoms with Gasteiger partial charge in [-0.25, -0.2) is 8.78 Å². The van der Waals surface area contributed by atoms with Crippen molar-refractivity contribution in [1.29, 1.82) is 0 Å². The smallest absolute Gasteiger partial charge is 0.320 e. The van der Waals surface area contributed by atoms with Crippen molar-refractivity contribution < 1.29 is 13.6 Å². The lowest BCUT2D eigenvalue weighted by Crippen LogP contribution is -2.29. The highest BCUT2D eigenvalue weighted by Gasteiger charge is 2.17. The Morgan fingerprint density at radius 3 is 2.59 bits per heavy atom. The fourth-order valence-corrected chi connectivity index (χ4v) is 2.97. The number of aryl methyl sites for hydroxylation is 3. The molecule has 0 saturated heterocycles. The normalized spacial score (nSPS) is 11.2. The van der Waals surface area contributed by atoms with Gasteiger partial charge in [0, 0.05) is 17.7 Å². The van der Waals surface area contributed by atoms with E-state index in [4.69, 9.17) is 0 Å². The van der Waals surface area contributed by atoms with Crippen molar-refractivity contribution in [3.63, 3.8) is 0 Å². The molecule has 0 atom stereocenters. The first-order chi connectivity index (χ1) is 13.8. The van der Waals surface area contributed by atoms with Crippen LogP contribution < -0.4 is 10.9 Å². The minimum atomic E-state index is -0.827. The van der Waals surface area contributed by atoms with Gasteiger partial charge in [-0.1, -0.05) is 17.7 Å². The number of amides is 1. The third-order valence-electron chi connectivity index (χ3n) is 4.35. The first-order valence-corrected chi connectivity index (χ1v) is 8.78. The molecule has 0 saturated carbocycles. The molecule has 0 fully saturated rings. The Bertz CT molecular complexity index is 1140. The Hall–Kier alpha value is -3.62. The second-order valence-electron chi connectivity index (χ2n) is 6.65. The zero-order chi connectivity index (χ0) is 21.1. The Kier molecular flexibility index (Phi) is 5.67. The first-order valence-electron chi connectivity index (χ1n) is 8.78. The average Bonchev–Trinajstić information content (AvgIpc) is 3.02. The van der Waals surface area contributed by atoms with Crippen LogP contribution in [0.1, 0.15) is 38.3 Å². The maximum Gasteiger partial charge on any atom is 0.320 e. The lowest BCUT2D eigenvalue weighted by molar-refractivity contribution is 0.0944. The van der Waals surface area contributed by atoms with Crippen molar-refractivity contribution in [1.82, 2.24) is 20.4 Å². The van der Waals surface area contributed by atoms with E-state index in [0.717, 1.165) is 45.2 Å². The van der Waals surface area contributed by atoms with Gasteiger partial charge in [0.2, 0.25) is 5.69 Å². The van der Waals surface area contributed by atoms with Gasteiger partial charge >= 0.3 is 5.56 Å². The minimum absolute atomic E-state index is 0.0439. The summed E-state index contributed by atoms with van der Waals surface area (Å²) in [5.74, 6) is -2.13. The number of hydrogen-bond donors (Lipinski definition) is 2. The van der Waals surface area contributed by atoms with E-state index < -0.39 is 28.8 Å². The standard InChI is InChI=1S/C20H19F2N5O2/c1-11-6-12(2)16(13(3)7-11)10-24-27-20(29)18(25-26-27)19(28)23-9-14-8-15(21)4-5-17(14)22/h4-8,10,26H,9H2,1-3H3,(H,23,28). The molecule has 0 aliphatic rings. The predicted octanol–water partition coefficient (Wildman–Crippen LogP) is 2.59. The van der Waals surface area contributed by atoms with Gasteiger partial charge in [-0.2, -0.15) is 10.3 Å². The molecule has 0 aliphatic carbocycles. The SMILES string of the molecule is Cc1cc(C)c(C=Nn2[nH]nc(C(=O)NCc3cc(F)ccc3F)c2=O)c(C)c1. The van der Waals surface area contributed by atoms with Gasteiger partial charge in [0.1, 0.15) is 11.6 Å². The van der Waals surface area contributed by atoms with Gasteiger partial charge in [0.25, 0.3) is 5.91 Å². The van der Waals surface area contributed by atoms with Crippen LogP contribution in [0, 0.1) is 32.4 Å². The van der Waals surface area contributed by atoms with Crippen LogP contribution in [0.2, 0.25) is 0 Å².